The number of aromatic carboxylic acids is 1. The van der Waals surface area contributed by atoms with Gasteiger partial charge in [-0.05, 0) is 19.3 Å². The zero-order valence-electron chi connectivity index (χ0n) is 12.7. The van der Waals surface area contributed by atoms with Crippen LogP contribution in [0, 0.1) is 0 Å². The van der Waals surface area contributed by atoms with Gasteiger partial charge in [0.25, 0.3) is 0 Å². The second kappa shape index (κ2) is 7.97. The minimum Gasteiger partial charge on any atom is -0.477 e. The zero-order chi connectivity index (χ0) is 16.0. The van der Waals surface area contributed by atoms with Gasteiger partial charge in [-0.15, -0.1) is 0 Å². The standard InChI is InChI=1S/C14H22N2O4S/c1-4-7-15(8-5-2)11(17)9-16-10(6-3)12(13(18)19)21-14(16)20/h4-9H2,1-3H3,(H,18,19). The molecule has 7 heteroatoms. The van der Waals surface area contributed by atoms with E-state index in [9.17, 15) is 14.4 Å². The molecular weight excluding hydrogens is 292 g/mol. The van der Waals surface area contributed by atoms with Gasteiger partial charge in [0.05, 0.1) is 0 Å². The Morgan fingerprint density at radius 1 is 1.19 bits per heavy atom. The molecule has 0 fully saturated rings. The predicted octanol–water partition coefficient (Wildman–Crippen LogP) is 1.82. The van der Waals surface area contributed by atoms with Gasteiger partial charge in [0.1, 0.15) is 11.4 Å². The van der Waals surface area contributed by atoms with Crippen molar-refractivity contribution in [1.82, 2.24) is 9.47 Å². The topological polar surface area (TPSA) is 79.6 Å². The summed E-state index contributed by atoms with van der Waals surface area (Å²) in [6.07, 6.45) is 2.12. The summed E-state index contributed by atoms with van der Waals surface area (Å²) in [5.41, 5.74) is 0.429. The van der Waals surface area contributed by atoms with Crippen LogP contribution >= 0.6 is 11.3 Å². The summed E-state index contributed by atoms with van der Waals surface area (Å²) in [7, 11) is 0. The van der Waals surface area contributed by atoms with Gasteiger partial charge in [-0.1, -0.05) is 32.1 Å². The third kappa shape index (κ3) is 4.17. The monoisotopic (exact) mass is 314 g/mol. The number of hydrogen-bond acceptors (Lipinski definition) is 4. The SMILES string of the molecule is CCCN(CCC)C(=O)Cn1c(CC)c(C(=O)O)sc1=O. The lowest BCUT2D eigenvalue weighted by molar-refractivity contribution is -0.132. The summed E-state index contributed by atoms with van der Waals surface area (Å²) in [6.45, 7) is 6.99. The Hall–Kier alpha value is -1.63. The molecule has 0 atom stereocenters. The number of amides is 1. The van der Waals surface area contributed by atoms with Crippen molar-refractivity contribution in [3.63, 3.8) is 0 Å². The number of rotatable bonds is 8. The first-order valence-electron chi connectivity index (χ1n) is 7.19. The zero-order valence-corrected chi connectivity index (χ0v) is 13.5. The van der Waals surface area contributed by atoms with Crippen molar-refractivity contribution in [3.05, 3.63) is 20.2 Å². The van der Waals surface area contributed by atoms with Gasteiger partial charge in [0, 0.05) is 18.8 Å². The molecule has 1 heterocycles. The molecule has 0 unspecified atom stereocenters. The molecule has 6 nitrogen and oxygen atoms in total. The van der Waals surface area contributed by atoms with Crippen molar-refractivity contribution < 1.29 is 14.7 Å². The van der Waals surface area contributed by atoms with Crippen molar-refractivity contribution in [2.45, 2.75) is 46.6 Å². The van der Waals surface area contributed by atoms with Crippen LogP contribution in [-0.4, -0.2) is 39.5 Å². The molecule has 0 bridgehead atoms. The number of aromatic nitrogens is 1. The Bertz CT molecular complexity index is 556. The first kappa shape index (κ1) is 17.4. The Morgan fingerprint density at radius 3 is 2.19 bits per heavy atom. The Kier molecular flexibility index (Phi) is 6.61. The third-order valence-electron chi connectivity index (χ3n) is 3.16. The molecule has 118 valence electrons. The maximum Gasteiger partial charge on any atom is 0.347 e. The summed E-state index contributed by atoms with van der Waals surface area (Å²) in [6, 6.07) is 0. The second-order valence-electron chi connectivity index (χ2n) is 4.77. The van der Waals surface area contributed by atoms with Gasteiger partial charge in [0.2, 0.25) is 5.91 Å². The number of carboxylic acid groups (broad SMARTS) is 1. The molecule has 0 aliphatic carbocycles. The van der Waals surface area contributed by atoms with Gasteiger partial charge in [-0.3, -0.25) is 14.2 Å². The first-order valence-corrected chi connectivity index (χ1v) is 8.01. The summed E-state index contributed by atoms with van der Waals surface area (Å²) in [5.74, 6) is -1.25. The molecule has 1 rings (SSSR count). The lowest BCUT2D eigenvalue weighted by atomic mass is 10.2. The third-order valence-corrected chi connectivity index (χ3v) is 4.17. The van der Waals surface area contributed by atoms with E-state index in [1.54, 1.807) is 11.8 Å². The number of carbonyl (C=O) groups excluding carboxylic acids is 1. The summed E-state index contributed by atoms with van der Waals surface area (Å²) < 4.78 is 1.30. The van der Waals surface area contributed by atoms with Crippen LogP contribution in [0.5, 0.6) is 0 Å². The number of hydrogen-bond donors (Lipinski definition) is 1. The Balaban J connectivity index is 3.04. The van der Waals surface area contributed by atoms with E-state index in [0.29, 0.717) is 36.5 Å². The van der Waals surface area contributed by atoms with E-state index in [0.717, 1.165) is 12.8 Å². The van der Waals surface area contributed by atoms with Crippen LogP contribution in [0.2, 0.25) is 0 Å². The molecule has 1 amide bonds. The maximum absolute atomic E-state index is 12.3. The molecule has 1 N–H and O–H groups in total. The van der Waals surface area contributed by atoms with Crippen molar-refractivity contribution in [1.29, 1.82) is 0 Å². The molecule has 0 saturated heterocycles. The molecule has 1 aromatic rings. The highest BCUT2D eigenvalue weighted by Crippen LogP contribution is 2.14. The summed E-state index contributed by atoms with van der Waals surface area (Å²) in [5, 5.41) is 9.11. The molecular formula is C14H22N2O4S. The van der Waals surface area contributed by atoms with Crippen molar-refractivity contribution in [2.75, 3.05) is 13.1 Å². The van der Waals surface area contributed by atoms with Gasteiger partial charge in [-0.25, -0.2) is 4.79 Å². The van der Waals surface area contributed by atoms with Crippen molar-refractivity contribution in [3.8, 4) is 0 Å². The minimum atomic E-state index is -1.11. The molecule has 0 spiro atoms. The van der Waals surface area contributed by atoms with E-state index in [4.69, 9.17) is 5.11 Å². The van der Waals surface area contributed by atoms with Crippen LogP contribution in [0.25, 0.3) is 0 Å². The fourth-order valence-corrected chi connectivity index (χ4v) is 3.17. The lowest BCUT2D eigenvalue weighted by Gasteiger charge is -2.22. The van der Waals surface area contributed by atoms with Crippen LogP contribution in [0.4, 0.5) is 0 Å². The largest absolute Gasteiger partial charge is 0.477 e. The van der Waals surface area contributed by atoms with Crippen molar-refractivity contribution >= 4 is 23.2 Å². The van der Waals surface area contributed by atoms with E-state index in [2.05, 4.69) is 0 Å². The molecule has 0 aliphatic heterocycles. The highest BCUT2D eigenvalue weighted by molar-refractivity contribution is 7.11. The van der Waals surface area contributed by atoms with Crippen LogP contribution in [-0.2, 0) is 17.8 Å². The van der Waals surface area contributed by atoms with Crippen LogP contribution in [0.1, 0.15) is 49.0 Å². The molecule has 1 aromatic heterocycles. The Labute approximate surface area is 128 Å². The van der Waals surface area contributed by atoms with Gasteiger partial charge in [-0.2, -0.15) is 0 Å². The molecule has 0 saturated carbocycles. The maximum atomic E-state index is 12.3. The fraction of sp³-hybridized carbons (Fsp3) is 0.643. The lowest BCUT2D eigenvalue weighted by Crippen LogP contribution is -2.37. The first-order chi connectivity index (χ1) is 9.96. The molecule has 0 aromatic carbocycles. The van der Waals surface area contributed by atoms with Crippen LogP contribution in [0.15, 0.2) is 4.79 Å². The number of nitrogens with zero attached hydrogens (tertiary/aromatic N) is 2. The smallest absolute Gasteiger partial charge is 0.347 e. The molecule has 21 heavy (non-hydrogen) atoms. The Morgan fingerprint density at radius 2 is 1.76 bits per heavy atom. The fourth-order valence-electron chi connectivity index (χ4n) is 2.25. The quantitative estimate of drug-likeness (QED) is 0.794. The number of carboxylic acids is 1. The van der Waals surface area contributed by atoms with Crippen molar-refractivity contribution in [2.24, 2.45) is 0 Å². The molecule has 0 aliphatic rings. The highest BCUT2D eigenvalue weighted by Gasteiger charge is 2.21. The average Bonchev–Trinajstić information content (AvgIpc) is 2.75. The van der Waals surface area contributed by atoms with E-state index in [-0.39, 0.29) is 22.2 Å². The predicted molar refractivity (Wildman–Crippen MR) is 82.1 cm³/mol. The highest BCUT2D eigenvalue weighted by atomic mass is 32.1. The van der Waals surface area contributed by atoms with Gasteiger partial charge in [0.15, 0.2) is 0 Å². The summed E-state index contributed by atoms with van der Waals surface area (Å²) in [4.78, 5) is 36.8. The van der Waals surface area contributed by atoms with E-state index >= 15 is 0 Å². The van der Waals surface area contributed by atoms with Crippen LogP contribution < -0.4 is 4.87 Å². The normalized spacial score (nSPS) is 10.6. The van der Waals surface area contributed by atoms with E-state index in [1.165, 1.54) is 4.57 Å². The minimum absolute atomic E-state index is 0.0350. The number of carbonyl (C=O) groups is 2. The number of thiazole rings is 1. The van der Waals surface area contributed by atoms with Gasteiger partial charge >= 0.3 is 10.8 Å². The second-order valence-corrected chi connectivity index (χ2v) is 5.73. The molecule has 0 radical (unpaired) electrons. The average molecular weight is 314 g/mol. The van der Waals surface area contributed by atoms with Gasteiger partial charge < -0.3 is 10.0 Å². The van der Waals surface area contributed by atoms with Crippen LogP contribution in [0.3, 0.4) is 0 Å². The van der Waals surface area contributed by atoms with E-state index in [1.807, 2.05) is 13.8 Å². The summed E-state index contributed by atoms with van der Waals surface area (Å²) >= 11 is 0.691. The van der Waals surface area contributed by atoms with E-state index < -0.39 is 5.97 Å².